The van der Waals surface area contributed by atoms with Crippen molar-refractivity contribution < 1.29 is 9.50 Å². The van der Waals surface area contributed by atoms with Gasteiger partial charge in [0.1, 0.15) is 5.82 Å². The fourth-order valence-electron chi connectivity index (χ4n) is 2.95. The van der Waals surface area contributed by atoms with Gasteiger partial charge in [0.25, 0.3) is 0 Å². The van der Waals surface area contributed by atoms with Gasteiger partial charge in [0, 0.05) is 17.6 Å². The Labute approximate surface area is 122 Å². The van der Waals surface area contributed by atoms with Crippen LogP contribution in [0.3, 0.4) is 0 Å². The average Bonchev–Trinajstić information content (AvgIpc) is 2.26. The van der Waals surface area contributed by atoms with Crippen molar-refractivity contribution in [1.82, 2.24) is 5.32 Å². The van der Waals surface area contributed by atoms with Crippen LogP contribution in [-0.4, -0.2) is 17.3 Å². The highest BCUT2D eigenvalue weighted by Crippen LogP contribution is 2.31. The van der Waals surface area contributed by atoms with Gasteiger partial charge < -0.3 is 10.4 Å². The molecule has 2 atom stereocenters. The zero-order valence-electron chi connectivity index (χ0n) is 11.3. The first-order valence-electron chi connectivity index (χ1n) is 6.85. The molecule has 0 spiro atoms. The van der Waals surface area contributed by atoms with E-state index in [0.29, 0.717) is 19.0 Å². The predicted molar refractivity (Wildman–Crippen MR) is 78.4 cm³/mol. The molecule has 0 amide bonds. The summed E-state index contributed by atoms with van der Waals surface area (Å²) in [7, 11) is 0. The fourth-order valence-corrected chi connectivity index (χ4v) is 3.46. The Hall–Kier alpha value is -0.450. The maximum atomic E-state index is 13.2. The molecule has 2 N–H and O–H groups in total. The third kappa shape index (κ3) is 4.55. The molecule has 2 unspecified atom stereocenters. The van der Waals surface area contributed by atoms with Crippen molar-refractivity contribution in [3.63, 3.8) is 0 Å². The monoisotopic (exact) mass is 329 g/mol. The molecule has 0 aliphatic heterocycles. The predicted octanol–water partition coefficient (Wildman–Crippen LogP) is 3.62. The van der Waals surface area contributed by atoms with Gasteiger partial charge in [-0.1, -0.05) is 35.7 Å². The summed E-state index contributed by atoms with van der Waals surface area (Å²) in [6, 6.07) is 4.86. The first kappa shape index (κ1) is 14.9. The third-order valence-electron chi connectivity index (χ3n) is 3.77. The molecule has 1 aromatic carbocycles. The van der Waals surface area contributed by atoms with Gasteiger partial charge in [0.15, 0.2) is 0 Å². The quantitative estimate of drug-likeness (QED) is 0.884. The van der Waals surface area contributed by atoms with E-state index in [2.05, 4.69) is 28.2 Å². The highest BCUT2D eigenvalue weighted by Gasteiger charge is 2.31. The van der Waals surface area contributed by atoms with E-state index in [4.69, 9.17) is 0 Å². The lowest BCUT2D eigenvalue weighted by Crippen LogP contribution is -2.43. The van der Waals surface area contributed by atoms with Gasteiger partial charge in [-0.2, -0.15) is 0 Å². The van der Waals surface area contributed by atoms with Crippen molar-refractivity contribution in [2.75, 3.05) is 6.54 Å². The van der Waals surface area contributed by atoms with E-state index in [9.17, 15) is 9.50 Å². The van der Waals surface area contributed by atoms with Crippen LogP contribution in [0.4, 0.5) is 4.39 Å². The van der Waals surface area contributed by atoms with E-state index in [1.807, 2.05) is 6.07 Å². The normalized spacial score (nSPS) is 27.5. The molecule has 1 aromatic rings. The van der Waals surface area contributed by atoms with Gasteiger partial charge in [-0.25, -0.2) is 4.39 Å². The van der Waals surface area contributed by atoms with E-state index in [1.54, 1.807) is 0 Å². The number of halogens is 2. The van der Waals surface area contributed by atoms with Crippen molar-refractivity contribution in [3.8, 4) is 0 Å². The lowest BCUT2D eigenvalue weighted by molar-refractivity contribution is -0.0119. The second kappa shape index (κ2) is 6.33. The molecule has 1 fully saturated rings. The zero-order chi connectivity index (χ0) is 13.9. The van der Waals surface area contributed by atoms with E-state index in [0.717, 1.165) is 29.3 Å². The van der Waals surface area contributed by atoms with Crippen molar-refractivity contribution >= 4 is 15.9 Å². The fraction of sp³-hybridized carbons (Fsp3) is 0.600. The molecule has 0 heterocycles. The Kier molecular flexibility index (Phi) is 4.98. The van der Waals surface area contributed by atoms with Crippen molar-refractivity contribution in [2.24, 2.45) is 5.92 Å². The maximum absolute atomic E-state index is 13.2. The van der Waals surface area contributed by atoms with E-state index < -0.39 is 5.60 Å². The molecule has 2 nitrogen and oxygen atoms in total. The second-order valence-electron chi connectivity index (χ2n) is 5.81. The highest BCUT2D eigenvalue weighted by atomic mass is 79.9. The molecule has 106 valence electrons. The van der Waals surface area contributed by atoms with Crippen LogP contribution < -0.4 is 5.32 Å². The third-order valence-corrected chi connectivity index (χ3v) is 4.23. The van der Waals surface area contributed by atoms with Crippen molar-refractivity contribution in [2.45, 2.75) is 44.8 Å². The molecule has 1 aliphatic carbocycles. The average molecular weight is 330 g/mol. The maximum Gasteiger partial charge on any atom is 0.124 e. The van der Waals surface area contributed by atoms with Gasteiger partial charge in [0.2, 0.25) is 0 Å². The van der Waals surface area contributed by atoms with Crippen LogP contribution in [0.1, 0.15) is 38.2 Å². The number of hydrogen-bond acceptors (Lipinski definition) is 2. The van der Waals surface area contributed by atoms with Gasteiger partial charge in [-0.3, -0.25) is 0 Å². The van der Waals surface area contributed by atoms with Crippen molar-refractivity contribution in [3.05, 3.63) is 34.1 Å². The number of nitrogens with one attached hydrogen (secondary N) is 1. The first-order chi connectivity index (χ1) is 8.97. The minimum Gasteiger partial charge on any atom is -0.389 e. The minimum atomic E-state index is -0.595. The lowest BCUT2D eigenvalue weighted by Gasteiger charge is -2.35. The van der Waals surface area contributed by atoms with Crippen LogP contribution in [0.2, 0.25) is 0 Å². The molecule has 1 saturated carbocycles. The summed E-state index contributed by atoms with van der Waals surface area (Å²) in [5, 5.41) is 13.7. The van der Waals surface area contributed by atoms with Gasteiger partial charge >= 0.3 is 0 Å². The summed E-state index contributed by atoms with van der Waals surface area (Å²) in [5.74, 6) is 0.347. The van der Waals surface area contributed by atoms with E-state index in [-0.39, 0.29) is 5.82 Å². The van der Waals surface area contributed by atoms with Crippen molar-refractivity contribution in [1.29, 1.82) is 0 Å². The Bertz CT molecular complexity index is 420. The summed E-state index contributed by atoms with van der Waals surface area (Å²) in [5.41, 5.74) is 0.293. The largest absolute Gasteiger partial charge is 0.389 e. The SMILES string of the molecule is CC1CCCC(O)(CNCc2cc(F)cc(Br)c2)C1. The van der Waals surface area contributed by atoms with E-state index >= 15 is 0 Å². The van der Waals surface area contributed by atoms with Crippen LogP contribution in [-0.2, 0) is 6.54 Å². The smallest absolute Gasteiger partial charge is 0.124 e. The van der Waals surface area contributed by atoms with Gasteiger partial charge in [-0.15, -0.1) is 0 Å². The Balaban J connectivity index is 1.85. The summed E-state index contributed by atoms with van der Waals surface area (Å²) >= 11 is 3.28. The van der Waals surface area contributed by atoms with Gasteiger partial charge in [-0.05, 0) is 42.5 Å². The molecule has 0 aromatic heterocycles. The van der Waals surface area contributed by atoms with Crippen LogP contribution in [0, 0.1) is 11.7 Å². The number of benzene rings is 1. The molecule has 0 radical (unpaired) electrons. The minimum absolute atomic E-state index is 0.240. The summed E-state index contributed by atoms with van der Waals surface area (Å²) in [4.78, 5) is 0. The van der Waals surface area contributed by atoms with Gasteiger partial charge in [0.05, 0.1) is 5.60 Å². The van der Waals surface area contributed by atoms with Crippen LogP contribution in [0.5, 0.6) is 0 Å². The van der Waals surface area contributed by atoms with Crippen LogP contribution in [0.15, 0.2) is 22.7 Å². The molecular weight excluding hydrogens is 309 g/mol. The molecule has 4 heteroatoms. The topological polar surface area (TPSA) is 32.3 Å². The number of hydrogen-bond donors (Lipinski definition) is 2. The molecule has 2 rings (SSSR count). The van der Waals surface area contributed by atoms with Crippen LogP contribution in [0.25, 0.3) is 0 Å². The molecule has 0 bridgehead atoms. The summed E-state index contributed by atoms with van der Waals surface area (Å²) < 4.78 is 14.0. The first-order valence-corrected chi connectivity index (χ1v) is 7.64. The zero-order valence-corrected chi connectivity index (χ0v) is 12.8. The van der Waals surface area contributed by atoms with E-state index in [1.165, 1.54) is 18.6 Å². The summed E-state index contributed by atoms with van der Waals surface area (Å²) in [6.07, 6.45) is 4.01. The number of aliphatic hydroxyl groups is 1. The molecule has 1 aliphatic rings. The highest BCUT2D eigenvalue weighted by molar-refractivity contribution is 9.10. The Morgan fingerprint density at radius 3 is 2.95 bits per heavy atom. The summed E-state index contributed by atoms with van der Waals surface area (Å²) in [6.45, 7) is 3.34. The molecule has 19 heavy (non-hydrogen) atoms. The molecule has 0 saturated heterocycles. The Morgan fingerprint density at radius 1 is 1.47 bits per heavy atom. The van der Waals surface area contributed by atoms with Crippen LogP contribution >= 0.6 is 15.9 Å². The molecular formula is C15H21BrFNO. The second-order valence-corrected chi connectivity index (χ2v) is 6.72. The number of rotatable bonds is 4. The standard InChI is InChI=1S/C15H21BrFNO/c1-11-3-2-4-15(19,8-11)10-18-9-12-5-13(16)7-14(17)6-12/h5-7,11,18-19H,2-4,8-10H2,1H3. The lowest BCUT2D eigenvalue weighted by atomic mass is 9.79. The Morgan fingerprint density at radius 2 is 2.26 bits per heavy atom.